The lowest BCUT2D eigenvalue weighted by atomic mass is 10.3. The normalized spacial score (nSPS) is 12.8. The first-order valence-corrected chi connectivity index (χ1v) is 7.59. The summed E-state index contributed by atoms with van der Waals surface area (Å²) in [4.78, 5) is 0. The van der Waals surface area contributed by atoms with Crippen molar-refractivity contribution in [2.24, 2.45) is 0 Å². The minimum Gasteiger partial charge on any atom is -0.382 e. The number of methoxy groups -OCH3 is 1. The van der Waals surface area contributed by atoms with E-state index >= 15 is 0 Å². The first-order valence-electron chi connectivity index (χ1n) is 7.59. The van der Waals surface area contributed by atoms with E-state index in [1.54, 1.807) is 7.11 Å². The number of nitrogens with zero attached hydrogens (tertiary/aromatic N) is 2. The molecular weight excluding hydrogens is 254 g/mol. The van der Waals surface area contributed by atoms with Gasteiger partial charge in [-0.1, -0.05) is 6.92 Å². The van der Waals surface area contributed by atoms with Gasteiger partial charge >= 0.3 is 0 Å². The van der Waals surface area contributed by atoms with Crippen LogP contribution in [0.4, 0.5) is 0 Å². The number of nitrogens with one attached hydrogen (secondary N) is 1. The van der Waals surface area contributed by atoms with Gasteiger partial charge in [0.25, 0.3) is 0 Å². The largest absolute Gasteiger partial charge is 0.382 e. The summed E-state index contributed by atoms with van der Waals surface area (Å²) in [5.41, 5.74) is 1.11. The van der Waals surface area contributed by atoms with Crippen molar-refractivity contribution in [3.05, 3.63) is 18.0 Å². The van der Waals surface area contributed by atoms with Crippen LogP contribution < -0.4 is 5.32 Å². The lowest BCUT2D eigenvalue weighted by Crippen LogP contribution is -2.16. The maximum atomic E-state index is 5.41. The third-order valence-corrected chi connectivity index (χ3v) is 3.34. The van der Waals surface area contributed by atoms with Crippen molar-refractivity contribution < 1.29 is 9.47 Å². The lowest BCUT2D eigenvalue weighted by molar-refractivity contribution is 0.0688. The molecule has 0 saturated heterocycles. The van der Waals surface area contributed by atoms with E-state index in [2.05, 4.69) is 36.5 Å². The average molecular weight is 283 g/mol. The fraction of sp³-hybridized carbons (Fsp3) is 0.800. The Hall–Kier alpha value is -0.910. The fourth-order valence-corrected chi connectivity index (χ4v) is 1.82. The predicted octanol–water partition coefficient (Wildman–Crippen LogP) is 2.39. The predicted molar refractivity (Wildman–Crippen MR) is 80.9 cm³/mol. The molecule has 0 aromatic carbocycles. The monoisotopic (exact) mass is 283 g/mol. The van der Waals surface area contributed by atoms with Crippen LogP contribution >= 0.6 is 0 Å². The standard InChI is InChI=1S/C15H29N3O2/c1-4-14(2)18-9-7-15(17-18)13-16-8-5-6-10-20-12-11-19-3/h7,9,14,16H,4-6,8,10-13H2,1-3H3. The molecule has 5 heteroatoms. The quantitative estimate of drug-likeness (QED) is 0.598. The van der Waals surface area contributed by atoms with E-state index in [0.717, 1.165) is 44.7 Å². The van der Waals surface area contributed by atoms with Crippen LogP contribution in [0.1, 0.15) is 44.8 Å². The van der Waals surface area contributed by atoms with E-state index in [4.69, 9.17) is 9.47 Å². The number of ether oxygens (including phenoxy) is 2. The highest BCUT2D eigenvalue weighted by molar-refractivity contribution is 4.99. The second-order valence-corrected chi connectivity index (χ2v) is 5.03. The summed E-state index contributed by atoms with van der Waals surface area (Å²) in [6.45, 7) is 8.40. The third-order valence-electron chi connectivity index (χ3n) is 3.34. The molecule has 0 aliphatic rings. The Morgan fingerprint density at radius 1 is 1.30 bits per heavy atom. The van der Waals surface area contributed by atoms with Crippen molar-refractivity contribution in [2.75, 3.05) is 33.5 Å². The molecule has 1 rings (SSSR count). The van der Waals surface area contributed by atoms with Gasteiger partial charge in [0.05, 0.1) is 18.9 Å². The molecule has 1 heterocycles. The van der Waals surface area contributed by atoms with Gasteiger partial charge in [-0.05, 0) is 38.8 Å². The van der Waals surface area contributed by atoms with Crippen LogP contribution in [0.2, 0.25) is 0 Å². The number of aromatic nitrogens is 2. The number of hydrogen-bond acceptors (Lipinski definition) is 4. The molecule has 0 spiro atoms. The van der Waals surface area contributed by atoms with Crippen molar-refractivity contribution >= 4 is 0 Å². The maximum absolute atomic E-state index is 5.41. The molecule has 1 unspecified atom stereocenters. The van der Waals surface area contributed by atoms with Gasteiger partial charge in [-0.15, -0.1) is 0 Å². The molecule has 0 amide bonds. The van der Waals surface area contributed by atoms with Crippen molar-refractivity contribution in [1.82, 2.24) is 15.1 Å². The Morgan fingerprint density at radius 3 is 2.90 bits per heavy atom. The second kappa shape index (κ2) is 10.8. The SMILES string of the molecule is CCC(C)n1ccc(CNCCCCOCCOC)n1. The van der Waals surface area contributed by atoms with Gasteiger partial charge < -0.3 is 14.8 Å². The van der Waals surface area contributed by atoms with Gasteiger partial charge in [0.2, 0.25) is 0 Å². The zero-order chi connectivity index (χ0) is 14.6. The highest BCUT2D eigenvalue weighted by Crippen LogP contribution is 2.08. The first kappa shape index (κ1) is 17.1. The lowest BCUT2D eigenvalue weighted by Gasteiger charge is -2.08. The van der Waals surface area contributed by atoms with Crippen molar-refractivity contribution in [3.8, 4) is 0 Å². The van der Waals surface area contributed by atoms with Crippen LogP contribution in [-0.4, -0.2) is 43.3 Å². The van der Waals surface area contributed by atoms with E-state index in [1.807, 2.05) is 4.68 Å². The molecular formula is C15H29N3O2. The topological polar surface area (TPSA) is 48.3 Å². The van der Waals surface area contributed by atoms with Crippen LogP contribution in [0.3, 0.4) is 0 Å². The Bertz CT molecular complexity index is 342. The number of unbranched alkanes of at least 4 members (excludes halogenated alkanes) is 1. The summed E-state index contributed by atoms with van der Waals surface area (Å²) in [7, 11) is 1.69. The number of hydrogen-bond donors (Lipinski definition) is 1. The van der Waals surface area contributed by atoms with Gasteiger partial charge in [0, 0.05) is 32.5 Å². The summed E-state index contributed by atoms with van der Waals surface area (Å²) in [5.74, 6) is 0. The molecule has 0 aliphatic carbocycles. The third kappa shape index (κ3) is 7.03. The summed E-state index contributed by atoms with van der Waals surface area (Å²) in [6, 6.07) is 2.57. The Balaban J connectivity index is 2.00. The van der Waals surface area contributed by atoms with Crippen LogP contribution in [0.5, 0.6) is 0 Å². The minimum atomic E-state index is 0.480. The highest BCUT2D eigenvalue weighted by Gasteiger charge is 2.03. The Labute approximate surface area is 122 Å². The number of rotatable bonds is 12. The summed E-state index contributed by atoms with van der Waals surface area (Å²) < 4.78 is 12.4. The smallest absolute Gasteiger partial charge is 0.0762 e. The van der Waals surface area contributed by atoms with Crippen LogP contribution in [-0.2, 0) is 16.0 Å². The molecule has 20 heavy (non-hydrogen) atoms. The second-order valence-electron chi connectivity index (χ2n) is 5.03. The van der Waals surface area contributed by atoms with Crippen LogP contribution in [0.25, 0.3) is 0 Å². The molecule has 0 bridgehead atoms. The molecule has 0 aliphatic heterocycles. The Morgan fingerprint density at radius 2 is 2.15 bits per heavy atom. The zero-order valence-electron chi connectivity index (χ0n) is 13.1. The van der Waals surface area contributed by atoms with E-state index in [0.29, 0.717) is 19.3 Å². The van der Waals surface area contributed by atoms with Crippen LogP contribution in [0.15, 0.2) is 12.3 Å². The summed E-state index contributed by atoms with van der Waals surface area (Å²) >= 11 is 0. The highest BCUT2D eigenvalue weighted by atomic mass is 16.5. The molecule has 1 N–H and O–H groups in total. The molecule has 0 fully saturated rings. The van der Waals surface area contributed by atoms with E-state index in [1.165, 1.54) is 0 Å². The van der Waals surface area contributed by atoms with E-state index in [9.17, 15) is 0 Å². The van der Waals surface area contributed by atoms with Crippen LogP contribution in [0, 0.1) is 0 Å². The van der Waals surface area contributed by atoms with Gasteiger partial charge in [0.1, 0.15) is 0 Å². The fourth-order valence-electron chi connectivity index (χ4n) is 1.82. The van der Waals surface area contributed by atoms with Gasteiger partial charge in [-0.3, -0.25) is 4.68 Å². The Kier molecular flexibility index (Phi) is 9.28. The van der Waals surface area contributed by atoms with E-state index in [-0.39, 0.29) is 0 Å². The molecule has 5 nitrogen and oxygen atoms in total. The maximum Gasteiger partial charge on any atom is 0.0762 e. The van der Waals surface area contributed by atoms with Gasteiger partial charge in [-0.25, -0.2) is 0 Å². The van der Waals surface area contributed by atoms with Gasteiger partial charge in [-0.2, -0.15) is 5.10 Å². The molecule has 116 valence electrons. The van der Waals surface area contributed by atoms with Crippen molar-refractivity contribution in [3.63, 3.8) is 0 Å². The first-order chi connectivity index (χ1) is 9.77. The van der Waals surface area contributed by atoms with Crippen molar-refractivity contribution in [1.29, 1.82) is 0 Å². The molecule has 1 atom stereocenters. The molecule has 1 aromatic heterocycles. The summed E-state index contributed by atoms with van der Waals surface area (Å²) in [6.07, 6.45) is 5.38. The average Bonchev–Trinajstić information content (AvgIpc) is 2.93. The summed E-state index contributed by atoms with van der Waals surface area (Å²) in [5, 5.41) is 7.98. The molecule has 0 radical (unpaired) electrons. The zero-order valence-corrected chi connectivity index (χ0v) is 13.1. The van der Waals surface area contributed by atoms with Gasteiger partial charge in [0.15, 0.2) is 0 Å². The molecule has 0 saturated carbocycles. The van der Waals surface area contributed by atoms with Crippen molar-refractivity contribution in [2.45, 2.75) is 45.7 Å². The molecule has 1 aromatic rings. The minimum absolute atomic E-state index is 0.480. The van der Waals surface area contributed by atoms with E-state index < -0.39 is 0 Å².